The third kappa shape index (κ3) is 7.29. The third-order valence-corrected chi connectivity index (χ3v) is 5.77. The topological polar surface area (TPSA) is 102 Å². The Morgan fingerprint density at radius 3 is 2.33 bits per heavy atom. The monoisotopic (exact) mass is 438 g/mol. The van der Waals surface area contributed by atoms with Crippen molar-refractivity contribution in [3.63, 3.8) is 0 Å². The first-order valence-electron chi connectivity index (χ1n) is 8.43. The maximum Gasteiger partial charge on any atom is 0.340 e. The van der Waals surface area contributed by atoms with E-state index in [1.165, 1.54) is 0 Å². The molecule has 0 saturated carbocycles. The largest absolute Gasteiger partial charge is 0.452 e. The van der Waals surface area contributed by atoms with Crippen molar-refractivity contribution in [3.8, 4) is 0 Å². The second-order valence-electron chi connectivity index (χ2n) is 6.46. The quantitative estimate of drug-likeness (QED) is 0.576. The van der Waals surface area contributed by atoms with Gasteiger partial charge in [-0.2, -0.15) is 0 Å². The number of hydrogen-bond acceptors (Lipinski definition) is 5. The Hall–Kier alpha value is -1.35. The predicted octanol–water partition coefficient (Wildman–Crippen LogP) is 3.00. The van der Waals surface area contributed by atoms with Crippen LogP contribution in [0.4, 0.5) is 0 Å². The van der Waals surface area contributed by atoms with Crippen LogP contribution in [0.1, 0.15) is 44.5 Å². The van der Waals surface area contributed by atoms with Crippen LogP contribution in [0.25, 0.3) is 0 Å². The van der Waals surface area contributed by atoms with Gasteiger partial charge < -0.3 is 10.1 Å². The Bertz CT molecular complexity index is 797. The summed E-state index contributed by atoms with van der Waals surface area (Å²) in [6.07, 6.45) is 0.729. The van der Waals surface area contributed by atoms with Gasteiger partial charge in [-0.25, -0.2) is 17.9 Å². The fourth-order valence-electron chi connectivity index (χ4n) is 1.87. The maximum atomic E-state index is 12.4. The van der Waals surface area contributed by atoms with Crippen LogP contribution >= 0.6 is 23.2 Å². The van der Waals surface area contributed by atoms with E-state index in [9.17, 15) is 18.0 Å². The summed E-state index contributed by atoms with van der Waals surface area (Å²) in [5, 5.41) is 2.45. The van der Waals surface area contributed by atoms with Gasteiger partial charge in [-0.3, -0.25) is 4.79 Å². The molecule has 0 heterocycles. The number of sulfonamides is 1. The standard InChI is InChI=1S/C17H24Cl2N2O5S/c1-5-11(4)21-16(22)9-26-17(23)12-6-15(14(19)7-13(12)18)27(24,25)20-8-10(2)3/h6-7,10-11,20H,5,8-9H2,1-4H3,(H,21,22)/t11-/m1/s1. The minimum atomic E-state index is -3.94. The molecule has 0 unspecified atom stereocenters. The van der Waals surface area contributed by atoms with E-state index in [1.807, 2.05) is 27.7 Å². The number of nitrogens with one attached hydrogen (secondary N) is 2. The molecule has 10 heteroatoms. The Morgan fingerprint density at radius 2 is 1.78 bits per heavy atom. The number of carbonyl (C=O) groups excluding carboxylic acids is 2. The molecule has 152 valence electrons. The third-order valence-electron chi connectivity index (χ3n) is 3.57. The molecule has 1 aromatic carbocycles. The number of esters is 1. The summed E-state index contributed by atoms with van der Waals surface area (Å²) in [5.41, 5.74) is -0.192. The Labute approximate surface area is 169 Å². The van der Waals surface area contributed by atoms with Crippen molar-refractivity contribution in [2.75, 3.05) is 13.2 Å². The fourth-order valence-corrected chi connectivity index (χ4v) is 3.93. The van der Waals surface area contributed by atoms with Crippen LogP contribution in [0.2, 0.25) is 10.0 Å². The summed E-state index contributed by atoms with van der Waals surface area (Å²) < 4.78 is 32.2. The molecule has 1 amide bonds. The lowest BCUT2D eigenvalue weighted by Gasteiger charge is -2.13. The summed E-state index contributed by atoms with van der Waals surface area (Å²) in [6.45, 7) is 7.11. The van der Waals surface area contributed by atoms with E-state index in [4.69, 9.17) is 27.9 Å². The van der Waals surface area contributed by atoms with Crippen LogP contribution in [0.3, 0.4) is 0 Å². The molecule has 27 heavy (non-hydrogen) atoms. The molecule has 7 nitrogen and oxygen atoms in total. The molecule has 0 spiro atoms. The molecule has 0 fully saturated rings. The van der Waals surface area contributed by atoms with Crippen molar-refractivity contribution in [1.82, 2.24) is 10.0 Å². The van der Waals surface area contributed by atoms with Crippen molar-refractivity contribution in [2.45, 2.75) is 45.1 Å². The second-order valence-corrected chi connectivity index (χ2v) is 9.01. The summed E-state index contributed by atoms with van der Waals surface area (Å²) in [7, 11) is -3.94. The first-order valence-corrected chi connectivity index (χ1v) is 10.7. The van der Waals surface area contributed by atoms with Gasteiger partial charge in [0.15, 0.2) is 6.61 Å². The Kier molecular flexibility index (Phi) is 9.01. The van der Waals surface area contributed by atoms with Gasteiger partial charge in [-0.1, -0.05) is 44.0 Å². The Morgan fingerprint density at radius 1 is 1.15 bits per heavy atom. The van der Waals surface area contributed by atoms with Crippen molar-refractivity contribution in [1.29, 1.82) is 0 Å². The van der Waals surface area contributed by atoms with Crippen LogP contribution in [-0.4, -0.2) is 39.5 Å². The molecule has 0 aliphatic rings. The minimum absolute atomic E-state index is 0.0564. The SMILES string of the molecule is CC[C@@H](C)NC(=O)COC(=O)c1cc(S(=O)(=O)NCC(C)C)c(Cl)cc1Cl. The molecule has 2 N–H and O–H groups in total. The average molecular weight is 439 g/mol. The Balaban J connectivity index is 2.98. The van der Waals surface area contributed by atoms with Crippen LogP contribution in [0.15, 0.2) is 17.0 Å². The van der Waals surface area contributed by atoms with E-state index in [0.29, 0.717) is 0 Å². The zero-order valence-electron chi connectivity index (χ0n) is 15.6. The van der Waals surface area contributed by atoms with Gasteiger partial charge >= 0.3 is 5.97 Å². The fraction of sp³-hybridized carbons (Fsp3) is 0.529. The molecule has 1 aromatic rings. The highest BCUT2D eigenvalue weighted by Crippen LogP contribution is 2.29. The van der Waals surface area contributed by atoms with E-state index in [2.05, 4.69) is 10.0 Å². The lowest BCUT2D eigenvalue weighted by Crippen LogP contribution is -2.35. The van der Waals surface area contributed by atoms with Crippen molar-refractivity contribution < 1.29 is 22.7 Å². The molecular weight excluding hydrogens is 415 g/mol. The summed E-state index contributed by atoms with van der Waals surface area (Å²) in [4.78, 5) is 23.7. The molecular formula is C17H24Cl2N2O5S. The van der Waals surface area contributed by atoms with Gasteiger partial charge in [0.2, 0.25) is 10.0 Å². The van der Waals surface area contributed by atoms with Gasteiger partial charge in [0.25, 0.3) is 5.91 Å². The number of benzene rings is 1. The summed E-state index contributed by atoms with van der Waals surface area (Å²) in [5.74, 6) is -1.30. The maximum absolute atomic E-state index is 12.4. The lowest BCUT2D eigenvalue weighted by molar-refractivity contribution is -0.124. The van der Waals surface area contributed by atoms with Crippen molar-refractivity contribution in [3.05, 3.63) is 27.7 Å². The van der Waals surface area contributed by atoms with Gasteiger partial charge in [-0.05, 0) is 31.4 Å². The van der Waals surface area contributed by atoms with Crippen LogP contribution in [-0.2, 0) is 19.6 Å². The normalized spacial score (nSPS) is 12.7. The molecule has 1 rings (SSSR count). The highest BCUT2D eigenvalue weighted by Gasteiger charge is 2.24. The van der Waals surface area contributed by atoms with E-state index in [-0.39, 0.29) is 39.0 Å². The molecule has 0 aromatic heterocycles. The predicted molar refractivity (Wildman–Crippen MR) is 105 cm³/mol. The first kappa shape index (κ1) is 23.7. The highest BCUT2D eigenvalue weighted by atomic mass is 35.5. The number of halogens is 2. The highest BCUT2D eigenvalue weighted by molar-refractivity contribution is 7.89. The minimum Gasteiger partial charge on any atom is -0.452 e. The molecule has 0 radical (unpaired) electrons. The van der Waals surface area contributed by atoms with E-state index in [1.54, 1.807) is 0 Å². The number of ether oxygens (including phenoxy) is 1. The zero-order chi connectivity index (χ0) is 20.8. The lowest BCUT2D eigenvalue weighted by atomic mass is 10.2. The molecule has 1 atom stereocenters. The van der Waals surface area contributed by atoms with E-state index < -0.39 is 28.5 Å². The second kappa shape index (κ2) is 10.3. The number of rotatable bonds is 9. The number of carbonyl (C=O) groups is 2. The summed E-state index contributed by atoms with van der Waals surface area (Å²) >= 11 is 12.0. The van der Waals surface area contributed by atoms with E-state index in [0.717, 1.165) is 18.6 Å². The first-order chi connectivity index (χ1) is 12.5. The van der Waals surface area contributed by atoms with Crippen LogP contribution in [0, 0.1) is 5.92 Å². The zero-order valence-corrected chi connectivity index (χ0v) is 18.0. The van der Waals surface area contributed by atoms with Gasteiger partial charge in [0.1, 0.15) is 4.90 Å². The average Bonchev–Trinajstić information content (AvgIpc) is 2.57. The van der Waals surface area contributed by atoms with Crippen molar-refractivity contribution >= 4 is 45.1 Å². The van der Waals surface area contributed by atoms with Gasteiger partial charge in [-0.15, -0.1) is 0 Å². The molecule has 0 aliphatic heterocycles. The number of hydrogen-bond donors (Lipinski definition) is 2. The van der Waals surface area contributed by atoms with Crippen LogP contribution < -0.4 is 10.0 Å². The summed E-state index contributed by atoms with van der Waals surface area (Å²) in [6, 6.07) is 2.14. The smallest absolute Gasteiger partial charge is 0.340 e. The molecule has 0 bridgehead atoms. The molecule has 0 saturated heterocycles. The van der Waals surface area contributed by atoms with Gasteiger partial charge in [0.05, 0.1) is 15.6 Å². The van der Waals surface area contributed by atoms with E-state index >= 15 is 0 Å². The van der Waals surface area contributed by atoms with Gasteiger partial charge in [0, 0.05) is 12.6 Å². The number of amides is 1. The van der Waals surface area contributed by atoms with Crippen molar-refractivity contribution in [2.24, 2.45) is 5.92 Å². The van der Waals surface area contributed by atoms with Crippen LogP contribution in [0.5, 0.6) is 0 Å². The molecule has 0 aliphatic carbocycles.